The molecule has 0 aliphatic rings. The lowest BCUT2D eigenvalue weighted by atomic mass is 9.89. The van der Waals surface area contributed by atoms with Gasteiger partial charge in [-0.15, -0.1) is 0 Å². The summed E-state index contributed by atoms with van der Waals surface area (Å²) in [5.74, 6) is 1.07. The highest BCUT2D eigenvalue weighted by Crippen LogP contribution is 2.27. The van der Waals surface area contributed by atoms with E-state index in [9.17, 15) is 9.59 Å². The van der Waals surface area contributed by atoms with Gasteiger partial charge in [-0.25, -0.2) is 0 Å². The molecule has 5 nitrogen and oxygen atoms in total. The molecule has 0 saturated heterocycles. The standard InChI is InChI=1S/C26H29NO4/c1-16(2)19-8-13-22(23(15-19)17(3)4)25(28)18(5)31-21-11-9-20(10-12-21)27-26(29)24-7-6-14-30-24/h6-18H,1-5H3,(H,27,29)/t18-/m1/s1. The molecule has 3 rings (SSSR count). The molecule has 1 atom stereocenters. The van der Waals surface area contributed by atoms with Gasteiger partial charge < -0.3 is 14.5 Å². The highest BCUT2D eigenvalue weighted by atomic mass is 16.5. The van der Waals surface area contributed by atoms with Crippen molar-refractivity contribution in [2.24, 2.45) is 0 Å². The van der Waals surface area contributed by atoms with Crippen molar-refractivity contribution in [3.63, 3.8) is 0 Å². The summed E-state index contributed by atoms with van der Waals surface area (Å²) in [4.78, 5) is 25.2. The Bertz CT molecular complexity index is 1030. The van der Waals surface area contributed by atoms with Crippen molar-refractivity contribution in [2.75, 3.05) is 5.32 Å². The van der Waals surface area contributed by atoms with Gasteiger partial charge in [0.05, 0.1) is 6.26 Å². The van der Waals surface area contributed by atoms with Crippen LogP contribution < -0.4 is 10.1 Å². The second-order valence-corrected chi connectivity index (χ2v) is 8.24. The molecule has 3 aromatic rings. The first-order valence-electron chi connectivity index (χ1n) is 10.6. The molecular weight excluding hydrogens is 390 g/mol. The van der Waals surface area contributed by atoms with Gasteiger partial charge in [0.1, 0.15) is 5.75 Å². The summed E-state index contributed by atoms with van der Waals surface area (Å²) in [7, 11) is 0. The van der Waals surface area contributed by atoms with Crippen molar-refractivity contribution in [3.05, 3.63) is 83.3 Å². The normalized spacial score (nSPS) is 12.1. The lowest BCUT2D eigenvalue weighted by molar-refractivity contribution is 0.0816. The third-order valence-corrected chi connectivity index (χ3v) is 5.17. The minimum absolute atomic E-state index is 0.0470. The van der Waals surface area contributed by atoms with Crippen LogP contribution in [0.25, 0.3) is 0 Å². The van der Waals surface area contributed by atoms with Gasteiger partial charge in [-0.1, -0.05) is 45.9 Å². The molecule has 2 aromatic carbocycles. The molecule has 1 N–H and O–H groups in total. The number of carbonyl (C=O) groups is 2. The van der Waals surface area contributed by atoms with Gasteiger partial charge in [0.25, 0.3) is 5.91 Å². The summed E-state index contributed by atoms with van der Waals surface area (Å²) >= 11 is 0. The van der Waals surface area contributed by atoms with E-state index >= 15 is 0 Å². The Morgan fingerprint density at radius 2 is 1.61 bits per heavy atom. The number of ketones is 1. The van der Waals surface area contributed by atoms with E-state index in [4.69, 9.17) is 9.15 Å². The van der Waals surface area contributed by atoms with E-state index in [1.807, 2.05) is 12.1 Å². The number of furan rings is 1. The first-order valence-corrected chi connectivity index (χ1v) is 10.6. The number of amides is 1. The Kier molecular flexibility index (Phi) is 6.95. The lowest BCUT2D eigenvalue weighted by Crippen LogP contribution is -2.25. The number of ether oxygens (including phenoxy) is 1. The Morgan fingerprint density at radius 1 is 0.903 bits per heavy atom. The van der Waals surface area contributed by atoms with Crippen LogP contribution in [0.2, 0.25) is 0 Å². The molecule has 0 saturated carbocycles. The lowest BCUT2D eigenvalue weighted by Gasteiger charge is -2.19. The van der Waals surface area contributed by atoms with Gasteiger partial charge in [0.15, 0.2) is 11.9 Å². The van der Waals surface area contributed by atoms with Crippen molar-refractivity contribution >= 4 is 17.4 Å². The number of hydrogen-bond donors (Lipinski definition) is 1. The number of rotatable bonds is 8. The minimum atomic E-state index is -0.633. The quantitative estimate of drug-likeness (QED) is 0.427. The van der Waals surface area contributed by atoms with Crippen molar-refractivity contribution in [1.82, 2.24) is 0 Å². The molecule has 1 amide bonds. The van der Waals surface area contributed by atoms with Crippen molar-refractivity contribution in [2.45, 2.75) is 52.6 Å². The van der Waals surface area contributed by atoms with Gasteiger partial charge in [0.2, 0.25) is 5.78 Å². The van der Waals surface area contributed by atoms with Crippen LogP contribution in [0.15, 0.2) is 65.3 Å². The molecule has 0 spiro atoms. The Hall–Kier alpha value is -3.34. The number of benzene rings is 2. The van der Waals surface area contributed by atoms with Gasteiger partial charge in [-0.3, -0.25) is 9.59 Å². The first kappa shape index (κ1) is 22.3. The highest BCUT2D eigenvalue weighted by Gasteiger charge is 2.22. The molecule has 31 heavy (non-hydrogen) atoms. The van der Waals surface area contributed by atoms with Crippen molar-refractivity contribution in [3.8, 4) is 5.75 Å². The molecule has 5 heteroatoms. The monoisotopic (exact) mass is 419 g/mol. The molecule has 1 heterocycles. The van der Waals surface area contributed by atoms with Crippen LogP contribution >= 0.6 is 0 Å². The number of Topliss-reactive ketones (excluding diaryl/α,β-unsaturated/α-hetero) is 1. The molecule has 0 aliphatic carbocycles. The zero-order valence-electron chi connectivity index (χ0n) is 18.6. The predicted octanol–water partition coefficient (Wildman–Crippen LogP) is 6.43. The average Bonchev–Trinajstić information content (AvgIpc) is 3.29. The SMILES string of the molecule is CC(C)c1ccc(C(=O)[C@@H](C)Oc2ccc(NC(=O)c3ccco3)cc2)c(C(C)C)c1. The maximum absolute atomic E-state index is 13.1. The first-order chi connectivity index (χ1) is 14.8. The topological polar surface area (TPSA) is 68.5 Å². The fourth-order valence-electron chi connectivity index (χ4n) is 3.34. The number of anilines is 1. The smallest absolute Gasteiger partial charge is 0.291 e. The molecule has 0 fully saturated rings. The molecule has 0 radical (unpaired) electrons. The predicted molar refractivity (Wildman–Crippen MR) is 122 cm³/mol. The van der Waals surface area contributed by atoms with Crippen molar-refractivity contribution in [1.29, 1.82) is 0 Å². The fourth-order valence-corrected chi connectivity index (χ4v) is 3.34. The maximum Gasteiger partial charge on any atom is 0.291 e. The molecular formula is C26H29NO4. The van der Waals surface area contributed by atoms with E-state index < -0.39 is 6.10 Å². The number of nitrogens with one attached hydrogen (secondary N) is 1. The summed E-state index contributed by atoms with van der Waals surface area (Å²) in [5, 5.41) is 2.75. The van der Waals surface area contributed by atoms with E-state index in [1.54, 1.807) is 43.3 Å². The molecule has 0 aliphatic heterocycles. The maximum atomic E-state index is 13.1. The largest absolute Gasteiger partial charge is 0.483 e. The molecule has 1 aromatic heterocycles. The summed E-state index contributed by atoms with van der Waals surface area (Å²) in [6.45, 7) is 10.2. The Balaban J connectivity index is 1.69. The van der Waals surface area contributed by atoms with Crippen LogP contribution in [0.3, 0.4) is 0 Å². The molecule has 0 bridgehead atoms. The molecule has 162 valence electrons. The molecule has 0 unspecified atom stereocenters. The minimum Gasteiger partial charge on any atom is -0.483 e. The van der Waals surface area contributed by atoms with Crippen LogP contribution in [0, 0.1) is 0 Å². The van der Waals surface area contributed by atoms with Crippen LogP contribution in [-0.2, 0) is 0 Å². The third kappa shape index (κ3) is 5.43. The summed E-state index contributed by atoms with van der Waals surface area (Å²) in [5.41, 5.74) is 3.58. The van der Waals surface area contributed by atoms with E-state index in [0.717, 1.165) is 5.56 Å². The third-order valence-electron chi connectivity index (χ3n) is 5.17. The fraction of sp³-hybridized carbons (Fsp3) is 0.308. The number of hydrogen-bond acceptors (Lipinski definition) is 4. The van der Waals surface area contributed by atoms with Crippen LogP contribution in [0.1, 0.15) is 78.5 Å². The second-order valence-electron chi connectivity index (χ2n) is 8.24. The van der Waals surface area contributed by atoms with E-state index in [0.29, 0.717) is 22.9 Å². The second kappa shape index (κ2) is 9.65. The Labute approximate surface area is 183 Å². The zero-order chi connectivity index (χ0) is 22.5. The van der Waals surface area contributed by atoms with Gasteiger partial charge in [0, 0.05) is 11.3 Å². The Morgan fingerprint density at radius 3 is 2.19 bits per heavy atom. The highest BCUT2D eigenvalue weighted by molar-refractivity contribution is 6.02. The summed E-state index contributed by atoms with van der Waals surface area (Å²) in [6, 6.07) is 16.2. The van der Waals surface area contributed by atoms with Gasteiger partial charge in [-0.2, -0.15) is 0 Å². The van der Waals surface area contributed by atoms with Gasteiger partial charge in [-0.05, 0) is 66.3 Å². The summed E-state index contributed by atoms with van der Waals surface area (Å²) < 4.78 is 11.0. The van der Waals surface area contributed by atoms with Crippen LogP contribution in [0.4, 0.5) is 5.69 Å². The van der Waals surface area contributed by atoms with Crippen LogP contribution in [0.5, 0.6) is 5.75 Å². The van der Waals surface area contributed by atoms with Gasteiger partial charge >= 0.3 is 0 Å². The van der Waals surface area contributed by atoms with E-state index in [1.165, 1.54) is 11.8 Å². The zero-order valence-corrected chi connectivity index (χ0v) is 18.6. The summed E-state index contributed by atoms with van der Waals surface area (Å²) in [6.07, 6.45) is 0.816. The van der Waals surface area contributed by atoms with E-state index in [-0.39, 0.29) is 23.4 Å². The van der Waals surface area contributed by atoms with Crippen molar-refractivity contribution < 1.29 is 18.7 Å². The average molecular weight is 420 g/mol. The number of carbonyl (C=O) groups excluding carboxylic acids is 2. The van der Waals surface area contributed by atoms with Crippen LogP contribution in [-0.4, -0.2) is 17.8 Å². The van der Waals surface area contributed by atoms with E-state index in [2.05, 4.69) is 39.1 Å².